The molecule has 31 heavy (non-hydrogen) atoms. The highest BCUT2D eigenvalue weighted by Crippen LogP contribution is 2.26. The maximum atomic E-state index is 12.8. The molecule has 0 aliphatic heterocycles. The molecule has 0 radical (unpaired) electrons. The Labute approximate surface area is 180 Å². The SMILES string of the molecule is CC(C)n1ncc2c(C(=O)OCC(=O)NCC(=O)N(C)C)cc(-c3ccccc3)nc21. The van der Waals surface area contributed by atoms with Crippen LogP contribution in [0.3, 0.4) is 0 Å². The van der Waals surface area contributed by atoms with Crippen molar-refractivity contribution in [2.75, 3.05) is 27.2 Å². The molecule has 0 saturated heterocycles. The van der Waals surface area contributed by atoms with Crippen LogP contribution < -0.4 is 5.32 Å². The van der Waals surface area contributed by atoms with Crippen LogP contribution in [0, 0.1) is 0 Å². The molecule has 0 saturated carbocycles. The van der Waals surface area contributed by atoms with Gasteiger partial charge in [-0.15, -0.1) is 0 Å². The molecular formula is C22H25N5O4. The molecule has 0 spiro atoms. The van der Waals surface area contributed by atoms with E-state index in [1.165, 1.54) is 4.90 Å². The van der Waals surface area contributed by atoms with Gasteiger partial charge in [0, 0.05) is 25.7 Å². The molecule has 1 N–H and O–H groups in total. The molecule has 3 rings (SSSR count). The van der Waals surface area contributed by atoms with Crippen LogP contribution in [0.15, 0.2) is 42.6 Å². The Bertz CT molecular complexity index is 1110. The summed E-state index contributed by atoms with van der Waals surface area (Å²) in [5, 5.41) is 7.33. The second kappa shape index (κ2) is 9.38. The maximum absolute atomic E-state index is 12.8. The highest BCUT2D eigenvalue weighted by atomic mass is 16.5. The fourth-order valence-corrected chi connectivity index (χ4v) is 2.91. The number of pyridine rings is 1. The third-order valence-electron chi connectivity index (χ3n) is 4.62. The molecule has 0 aliphatic carbocycles. The fraction of sp³-hybridized carbons (Fsp3) is 0.318. The monoisotopic (exact) mass is 423 g/mol. The predicted octanol–water partition coefficient (Wildman–Crippen LogP) is 2.04. The van der Waals surface area contributed by atoms with E-state index in [-0.39, 0.29) is 24.1 Å². The summed E-state index contributed by atoms with van der Waals surface area (Å²) < 4.78 is 6.94. The Morgan fingerprint density at radius 1 is 1.16 bits per heavy atom. The minimum absolute atomic E-state index is 0.0416. The summed E-state index contributed by atoms with van der Waals surface area (Å²) in [6.45, 7) is 3.28. The van der Waals surface area contributed by atoms with Crippen molar-refractivity contribution in [1.29, 1.82) is 0 Å². The van der Waals surface area contributed by atoms with Crippen LogP contribution in [0.4, 0.5) is 0 Å². The van der Waals surface area contributed by atoms with E-state index in [2.05, 4.69) is 10.4 Å². The summed E-state index contributed by atoms with van der Waals surface area (Å²) in [5.41, 5.74) is 2.27. The average Bonchev–Trinajstić information content (AvgIpc) is 3.20. The number of carbonyl (C=O) groups excluding carboxylic acids is 3. The number of hydrogen-bond acceptors (Lipinski definition) is 6. The summed E-state index contributed by atoms with van der Waals surface area (Å²) >= 11 is 0. The van der Waals surface area contributed by atoms with Crippen molar-refractivity contribution < 1.29 is 19.1 Å². The first-order valence-electron chi connectivity index (χ1n) is 9.85. The molecular weight excluding hydrogens is 398 g/mol. The number of aromatic nitrogens is 3. The quantitative estimate of drug-likeness (QED) is 0.583. The van der Waals surface area contributed by atoms with Crippen LogP contribution in [-0.2, 0) is 14.3 Å². The summed E-state index contributed by atoms with van der Waals surface area (Å²) in [5.74, 6) is -1.49. The number of benzene rings is 1. The first kappa shape index (κ1) is 21.9. The van der Waals surface area contributed by atoms with Crippen LogP contribution in [0.1, 0.15) is 30.2 Å². The van der Waals surface area contributed by atoms with Gasteiger partial charge in [0.25, 0.3) is 5.91 Å². The summed E-state index contributed by atoms with van der Waals surface area (Å²) in [6, 6.07) is 11.1. The van der Waals surface area contributed by atoms with Gasteiger partial charge in [-0.3, -0.25) is 9.59 Å². The lowest BCUT2D eigenvalue weighted by Crippen LogP contribution is -2.38. The van der Waals surface area contributed by atoms with Gasteiger partial charge < -0.3 is 15.0 Å². The molecule has 2 heterocycles. The molecule has 0 bridgehead atoms. The van der Waals surface area contributed by atoms with Gasteiger partial charge in [0.1, 0.15) is 0 Å². The van der Waals surface area contributed by atoms with Crippen LogP contribution in [-0.4, -0.2) is 64.7 Å². The van der Waals surface area contributed by atoms with E-state index in [0.717, 1.165) is 5.56 Å². The third kappa shape index (κ3) is 5.06. The maximum Gasteiger partial charge on any atom is 0.339 e. The van der Waals surface area contributed by atoms with Crippen LogP contribution in [0.25, 0.3) is 22.3 Å². The number of amides is 2. The van der Waals surface area contributed by atoms with E-state index in [1.54, 1.807) is 31.0 Å². The third-order valence-corrected chi connectivity index (χ3v) is 4.62. The van der Waals surface area contributed by atoms with Crippen molar-refractivity contribution in [3.8, 4) is 11.3 Å². The van der Waals surface area contributed by atoms with Crippen molar-refractivity contribution in [3.63, 3.8) is 0 Å². The summed E-state index contributed by atoms with van der Waals surface area (Å²) in [6.07, 6.45) is 1.57. The molecule has 9 nitrogen and oxygen atoms in total. The number of fused-ring (bicyclic) bond motifs is 1. The van der Waals surface area contributed by atoms with Crippen LogP contribution in [0.5, 0.6) is 0 Å². The Hall–Kier alpha value is -3.75. The topological polar surface area (TPSA) is 106 Å². The van der Waals surface area contributed by atoms with Crippen molar-refractivity contribution >= 4 is 28.8 Å². The first-order chi connectivity index (χ1) is 14.8. The van der Waals surface area contributed by atoms with Gasteiger partial charge in [-0.1, -0.05) is 30.3 Å². The van der Waals surface area contributed by atoms with Gasteiger partial charge in [-0.05, 0) is 19.9 Å². The van der Waals surface area contributed by atoms with E-state index >= 15 is 0 Å². The fourth-order valence-electron chi connectivity index (χ4n) is 2.91. The second-order valence-corrected chi connectivity index (χ2v) is 7.48. The molecule has 1 aromatic carbocycles. The zero-order valence-electron chi connectivity index (χ0n) is 18.0. The van der Waals surface area contributed by atoms with Gasteiger partial charge in [-0.25, -0.2) is 14.5 Å². The molecule has 0 fully saturated rings. The number of ether oxygens (including phenoxy) is 1. The molecule has 0 atom stereocenters. The molecule has 2 aromatic heterocycles. The summed E-state index contributed by atoms with van der Waals surface area (Å²) in [7, 11) is 3.18. The smallest absolute Gasteiger partial charge is 0.339 e. The van der Waals surface area contributed by atoms with E-state index in [0.29, 0.717) is 16.7 Å². The number of esters is 1. The Morgan fingerprint density at radius 2 is 1.87 bits per heavy atom. The standard InChI is InChI=1S/C22H25N5O4/c1-14(2)27-21-17(11-24-27)16(10-18(25-21)15-8-6-5-7-9-15)22(30)31-13-19(28)23-12-20(29)26(3)4/h5-11,14H,12-13H2,1-4H3,(H,23,28). The highest BCUT2D eigenvalue weighted by molar-refractivity contribution is 6.04. The molecule has 3 aromatic rings. The minimum Gasteiger partial charge on any atom is -0.452 e. The highest BCUT2D eigenvalue weighted by Gasteiger charge is 2.20. The Morgan fingerprint density at radius 3 is 2.52 bits per heavy atom. The van der Waals surface area contributed by atoms with E-state index in [1.807, 2.05) is 44.2 Å². The molecule has 9 heteroatoms. The number of nitrogens with zero attached hydrogens (tertiary/aromatic N) is 4. The van der Waals surface area contributed by atoms with E-state index in [9.17, 15) is 14.4 Å². The molecule has 0 unspecified atom stereocenters. The molecule has 2 amide bonds. The molecule has 162 valence electrons. The zero-order valence-corrected chi connectivity index (χ0v) is 18.0. The van der Waals surface area contributed by atoms with Gasteiger partial charge in [0.2, 0.25) is 5.91 Å². The van der Waals surface area contributed by atoms with Crippen molar-refractivity contribution in [2.24, 2.45) is 0 Å². The van der Waals surface area contributed by atoms with Gasteiger partial charge in [-0.2, -0.15) is 5.10 Å². The predicted molar refractivity (Wildman–Crippen MR) is 115 cm³/mol. The number of likely N-dealkylation sites (N-methyl/N-ethyl adjacent to an activating group) is 1. The second-order valence-electron chi connectivity index (χ2n) is 7.48. The van der Waals surface area contributed by atoms with Crippen molar-refractivity contribution in [3.05, 3.63) is 48.2 Å². The first-order valence-corrected chi connectivity index (χ1v) is 9.85. The van der Waals surface area contributed by atoms with Gasteiger partial charge in [0.05, 0.1) is 29.4 Å². The number of hydrogen-bond donors (Lipinski definition) is 1. The van der Waals surface area contributed by atoms with Crippen molar-refractivity contribution in [1.82, 2.24) is 25.0 Å². The van der Waals surface area contributed by atoms with Crippen LogP contribution in [0.2, 0.25) is 0 Å². The van der Waals surface area contributed by atoms with E-state index < -0.39 is 18.5 Å². The van der Waals surface area contributed by atoms with E-state index in [4.69, 9.17) is 9.72 Å². The van der Waals surface area contributed by atoms with Crippen molar-refractivity contribution in [2.45, 2.75) is 19.9 Å². The zero-order chi connectivity index (χ0) is 22.5. The number of nitrogens with one attached hydrogen (secondary N) is 1. The average molecular weight is 423 g/mol. The lowest BCUT2D eigenvalue weighted by molar-refractivity contribution is -0.131. The summed E-state index contributed by atoms with van der Waals surface area (Å²) in [4.78, 5) is 42.4. The van der Waals surface area contributed by atoms with Gasteiger partial charge in [0.15, 0.2) is 12.3 Å². The lowest BCUT2D eigenvalue weighted by Gasteiger charge is -2.12. The number of carbonyl (C=O) groups is 3. The van der Waals surface area contributed by atoms with Crippen LogP contribution >= 0.6 is 0 Å². The largest absolute Gasteiger partial charge is 0.452 e. The Kier molecular flexibility index (Phi) is 6.64. The van der Waals surface area contributed by atoms with Gasteiger partial charge >= 0.3 is 5.97 Å². The number of rotatable bonds is 7. The lowest BCUT2D eigenvalue weighted by atomic mass is 10.1. The normalized spacial score (nSPS) is 10.9. The molecule has 0 aliphatic rings. The Balaban J connectivity index is 1.85. The minimum atomic E-state index is -0.665.